The molecule has 148 valence electrons. The van der Waals surface area contributed by atoms with Crippen LogP contribution in [0.4, 0.5) is 0 Å². The summed E-state index contributed by atoms with van der Waals surface area (Å²) >= 11 is 0. The number of hydrogen-bond acceptors (Lipinski definition) is 5. The summed E-state index contributed by atoms with van der Waals surface area (Å²) in [6, 6.07) is 24.6. The summed E-state index contributed by atoms with van der Waals surface area (Å²) in [6.07, 6.45) is 0. The van der Waals surface area contributed by atoms with E-state index in [-0.39, 0.29) is 16.9 Å². The molecule has 1 aromatic heterocycles. The molecule has 0 radical (unpaired) electrons. The highest BCUT2D eigenvalue weighted by molar-refractivity contribution is 5.95. The van der Waals surface area contributed by atoms with Crippen LogP contribution in [0.3, 0.4) is 0 Å². The van der Waals surface area contributed by atoms with Crippen molar-refractivity contribution < 1.29 is 18.7 Å². The number of benzene rings is 3. The van der Waals surface area contributed by atoms with Crippen LogP contribution in [0, 0.1) is 0 Å². The second kappa shape index (κ2) is 8.05. The number of hydrogen-bond donors (Lipinski definition) is 1. The summed E-state index contributed by atoms with van der Waals surface area (Å²) in [5.74, 6) is -1.73. The maximum atomic E-state index is 13.1. The van der Waals surface area contributed by atoms with Gasteiger partial charge in [-0.1, -0.05) is 60.7 Å². The number of rotatable bonds is 5. The molecule has 0 spiro atoms. The van der Waals surface area contributed by atoms with Crippen LogP contribution in [-0.4, -0.2) is 11.9 Å². The van der Waals surface area contributed by atoms with Crippen molar-refractivity contribution >= 4 is 22.8 Å². The van der Waals surface area contributed by atoms with E-state index >= 15 is 0 Å². The third-order valence-corrected chi connectivity index (χ3v) is 4.69. The number of carbonyl (C=O) groups excluding carboxylic acids is 2. The quantitative estimate of drug-likeness (QED) is 0.314. The minimum atomic E-state index is -0.866. The van der Waals surface area contributed by atoms with E-state index in [2.05, 4.69) is 0 Å². The molecule has 0 aliphatic heterocycles. The minimum absolute atomic E-state index is 0.186. The summed E-state index contributed by atoms with van der Waals surface area (Å²) in [7, 11) is 0. The monoisotopic (exact) mass is 399 g/mol. The number of carbonyl (C=O) groups is 2. The van der Waals surface area contributed by atoms with Crippen molar-refractivity contribution in [1.82, 2.24) is 0 Å². The van der Waals surface area contributed by atoms with Gasteiger partial charge in [0.15, 0.2) is 0 Å². The zero-order valence-corrected chi connectivity index (χ0v) is 15.8. The van der Waals surface area contributed by atoms with E-state index in [4.69, 9.17) is 14.9 Å². The molecule has 30 heavy (non-hydrogen) atoms. The number of primary amides is 1. The third-order valence-electron chi connectivity index (χ3n) is 4.69. The standard InChI is InChI=1S/C24H17NO5/c25-22(26)19-13-17-11-12-18(14-20(17)30-23(19)27)29-24(28)21(15-7-3-1-4-8-15)16-9-5-2-6-10-16/h1-14,21H,(H2,25,26). The number of nitrogens with two attached hydrogens (primary N) is 1. The summed E-state index contributed by atoms with van der Waals surface area (Å²) in [4.78, 5) is 36.3. The molecule has 0 atom stereocenters. The average molecular weight is 399 g/mol. The molecule has 0 unspecified atom stereocenters. The van der Waals surface area contributed by atoms with E-state index in [1.54, 1.807) is 12.1 Å². The van der Waals surface area contributed by atoms with E-state index < -0.39 is 23.4 Å². The fourth-order valence-corrected chi connectivity index (χ4v) is 3.26. The molecule has 0 saturated carbocycles. The van der Waals surface area contributed by atoms with Gasteiger partial charge in [-0.05, 0) is 29.3 Å². The van der Waals surface area contributed by atoms with Crippen LogP contribution < -0.4 is 16.1 Å². The summed E-state index contributed by atoms with van der Waals surface area (Å²) in [6.45, 7) is 0. The van der Waals surface area contributed by atoms with E-state index in [1.807, 2.05) is 60.7 Å². The highest BCUT2D eigenvalue weighted by Crippen LogP contribution is 2.28. The fourth-order valence-electron chi connectivity index (χ4n) is 3.26. The van der Waals surface area contributed by atoms with Crippen molar-refractivity contribution in [3.63, 3.8) is 0 Å². The predicted octanol–water partition coefficient (Wildman–Crippen LogP) is 3.63. The molecule has 0 aliphatic carbocycles. The number of fused-ring (bicyclic) bond motifs is 1. The van der Waals surface area contributed by atoms with Gasteiger partial charge in [0.05, 0.1) is 0 Å². The molecule has 6 heteroatoms. The van der Waals surface area contributed by atoms with Gasteiger partial charge in [0, 0.05) is 11.5 Å². The van der Waals surface area contributed by atoms with Gasteiger partial charge in [-0.3, -0.25) is 9.59 Å². The molecule has 0 fully saturated rings. The molecule has 4 aromatic rings. The van der Waals surface area contributed by atoms with Gasteiger partial charge in [-0.25, -0.2) is 4.79 Å². The van der Waals surface area contributed by atoms with Crippen LogP contribution in [0.5, 0.6) is 5.75 Å². The van der Waals surface area contributed by atoms with Gasteiger partial charge in [0.1, 0.15) is 22.8 Å². The first kappa shape index (κ1) is 19.1. The van der Waals surface area contributed by atoms with E-state index in [0.29, 0.717) is 5.39 Å². The zero-order chi connectivity index (χ0) is 21.1. The van der Waals surface area contributed by atoms with Crippen molar-refractivity contribution in [2.24, 2.45) is 5.73 Å². The normalized spacial score (nSPS) is 10.8. The van der Waals surface area contributed by atoms with Gasteiger partial charge >= 0.3 is 11.6 Å². The molecule has 6 nitrogen and oxygen atoms in total. The van der Waals surface area contributed by atoms with Crippen molar-refractivity contribution in [3.05, 3.63) is 112 Å². The Morgan fingerprint density at radius 2 is 1.43 bits per heavy atom. The Labute approximate surface area is 171 Å². The first-order valence-corrected chi connectivity index (χ1v) is 9.22. The van der Waals surface area contributed by atoms with Gasteiger partial charge in [0.2, 0.25) is 0 Å². The molecule has 3 aromatic carbocycles. The van der Waals surface area contributed by atoms with Crippen molar-refractivity contribution in [2.75, 3.05) is 0 Å². The molecule has 1 amide bonds. The maximum Gasteiger partial charge on any atom is 0.349 e. The first-order valence-electron chi connectivity index (χ1n) is 9.22. The van der Waals surface area contributed by atoms with E-state index in [9.17, 15) is 14.4 Å². The van der Waals surface area contributed by atoms with Crippen LogP contribution in [0.25, 0.3) is 11.0 Å². The number of ether oxygens (including phenoxy) is 1. The van der Waals surface area contributed by atoms with Gasteiger partial charge in [0.25, 0.3) is 5.91 Å². The van der Waals surface area contributed by atoms with Gasteiger partial charge in [-0.2, -0.15) is 0 Å². The summed E-state index contributed by atoms with van der Waals surface area (Å²) < 4.78 is 10.8. The highest BCUT2D eigenvalue weighted by Gasteiger charge is 2.25. The Morgan fingerprint density at radius 3 is 2.00 bits per heavy atom. The smallest absolute Gasteiger partial charge is 0.349 e. The fraction of sp³-hybridized carbons (Fsp3) is 0.0417. The van der Waals surface area contributed by atoms with Crippen molar-refractivity contribution in [1.29, 1.82) is 0 Å². The SMILES string of the molecule is NC(=O)c1cc2ccc(OC(=O)C(c3ccccc3)c3ccccc3)cc2oc1=O. The Balaban J connectivity index is 1.68. The molecule has 0 saturated heterocycles. The topological polar surface area (TPSA) is 99.6 Å². The molecule has 1 heterocycles. The van der Waals surface area contributed by atoms with E-state index in [1.165, 1.54) is 12.1 Å². The van der Waals surface area contributed by atoms with E-state index in [0.717, 1.165) is 11.1 Å². The molecule has 0 aliphatic rings. The zero-order valence-electron chi connectivity index (χ0n) is 15.8. The Kier molecular flexibility index (Phi) is 5.13. The highest BCUT2D eigenvalue weighted by atomic mass is 16.5. The van der Waals surface area contributed by atoms with Crippen LogP contribution in [-0.2, 0) is 4.79 Å². The van der Waals surface area contributed by atoms with Crippen LogP contribution >= 0.6 is 0 Å². The van der Waals surface area contributed by atoms with Crippen LogP contribution in [0.15, 0.2) is 94.1 Å². The minimum Gasteiger partial charge on any atom is -0.426 e. The molecule has 0 bridgehead atoms. The van der Waals surface area contributed by atoms with Gasteiger partial charge < -0.3 is 14.9 Å². The Hall–Kier alpha value is -4.19. The lowest BCUT2D eigenvalue weighted by Gasteiger charge is -2.17. The summed E-state index contributed by atoms with van der Waals surface area (Å²) in [5.41, 5.74) is 5.88. The number of amides is 1. The molecular formula is C24H17NO5. The molecule has 2 N–H and O–H groups in total. The Morgan fingerprint density at radius 1 is 0.833 bits per heavy atom. The number of esters is 1. The van der Waals surface area contributed by atoms with Crippen LogP contribution in [0.1, 0.15) is 27.4 Å². The predicted molar refractivity (Wildman–Crippen MR) is 111 cm³/mol. The Bertz CT molecular complexity index is 1240. The van der Waals surface area contributed by atoms with Crippen molar-refractivity contribution in [3.8, 4) is 5.75 Å². The largest absolute Gasteiger partial charge is 0.426 e. The first-order chi connectivity index (χ1) is 14.5. The van der Waals surface area contributed by atoms with Gasteiger partial charge in [-0.15, -0.1) is 0 Å². The second-order valence-electron chi connectivity index (χ2n) is 6.69. The lowest BCUT2D eigenvalue weighted by Crippen LogP contribution is -2.21. The summed E-state index contributed by atoms with van der Waals surface area (Å²) in [5, 5.41) is 0.492. The molecular weight excluding hydrogens is 382 g/mol. The molecule has 4 rings (SSSR count). The van der Waals surface area contributed by atoms with Crippen molar-refractivity contribution in [2.45, 2.75) is 5.92 Å². The lowest BCUT2D eigenvalue weighted by atomic mass is 9.91. The maximum absolute atomic E-state index is 13.1. The van der Waals surface area contributed by atoms with Crippen LogP contribution in [0.2, 0.25) is 0 Å². The third kappa shape index (κ3) is 3.84. The second-order valence-corrected chi connectivity index (χ2v) is 6.69. The average Bonchev–Trinajstić information content (AvgIpc) is 2.74. The lowest BCUT2D eigenvalue weighted by molar-refractivity contribution is -0.135.